The van der Waals surface area contributed by atoms with Gasteiger partial charge in [0.15, 0.2) is 0 Å². The Morgan fingerprint density at radius 1 is 1.50 bits per heavy atom. The fourth-order valence-corrected chi connectivity index (χ4v) is 1.25. The third kappa shape index (κ3) is 2.56. The molecule has 1 aromatic rings. The number of nitrogens with zero attached hydrogens (tertiary/aromatic N) is 3. The van der Waals surface area contributed by atoms with Gasteiger partial charge in [0, 0.05) is 19.5 Å². The Labute approximate surface area is 85.1 Å². The van der Waals surface area contributed by atoms with Gasteiger partial charge in [-0.2, -0.15) is 10.2 Å². The van der Waals surface area contributed by atoms with Gasteiger partial charge in [-0.3, -0.25) is 4.68 Å². The van der Waals surface area contributed by atoms with E-state index in [0.717, 1.165) is 16.5 Å². The molecule has 0 saturated heterocycles. The highest BCUT2D eigenvalue weighted by Gasteiger charge is 2.18. The van der Waals surface area contributed by atoms with E-state index in [9.17, 15) is 0 Å². The third-order valence-corrected chi connectivity index (χ3v) is 2.14. The predicted molar refractivity (Wildman–Crippen MR) is 55.2 cm³/mol. The van der Waals surface area contributed by atoms with Crippen molar-refractivity contribution in [3.05, 3.63) is 17.5 Å². The lowest BCUT2D eigenvalue weighted by Gasteiger charge is -2.13. The molecule has 1 aromatic heterocycles. The number of aromatic nitrogens is 2. The van der Waals surface area contributed by atoms with Gasteiger partial charge in [0.05, 0.1) is 17.9 Å². The summed E-state index contributed by atoms with van der Waals surface area (Å²) in [5.41, 5.74) is 2.13. The molecule has 0 aromatic carbocycles. The van der Waals surface area contributed by atoms with Crippen LogP contribution in [0, 0.1) is 0 Å². The summed E-state index contributed by atoms with van der Waals surface area (Å²) in [6.07, 6.45) is 0. The summed E-state index contributed by atoms with van der Waals surface area (Å²) in [4.78, 5) is 0. The van der Waals surface area contributed by atoms with Crippen molar-refractivity contribution in [2.75, 3.05) is 7.05 Å². The van der Waals surface area contributed by atoms with Crippen LogP contribution in [0.25, 0.3) is 0 Å². The lowest BCUT2D eigenvalue weighted by atomic mass is 9.92. The average Bonchev–Trinajstić information content (AvgIpc) is 2.30. The molecule has 0 aliphatic carbocycles. The normalized spacial score (nSPS) is 12.5. The molecule has 0 aliphatic rings. The van der Waals surface area contributed by atoms with Crippen LogP contribution in [0.5, 0.6) is 0 Å². The van der Waals surface area contributed by atoms with Crippen LogP contribution in [-0.4, -0.2) is 27.1 Å². The summed E-state index contributed by atoms with van der Waals surface area (Å²) in [5.74, 6) is 0. The molecular weight excluding hydrogens is 178 g/mol. The molecule has 0 spiro atoms. The maximum Gasteiger partial charge on any atom is 0.0681 e. The van der Waals surface area contributed by atoms with Gasteiger partial charge < -0.3 is 5.21 Å². The van der Waals surface area contributed by atoms with Gasteiger partial charge in [-0.1, -0.05) is 20.8 Å². The second-order valence-corrected chi connectivity index (χ2v) is 4.71. The smallest absolute Gasteiger partial charge is 0.0681 e. The van der Waals surface area contributed by atoms with E-state index in [1.807, 2.05) is 17.8 Å². The number of hydroxylamine groups is 2. The summed E-state index contributed by atoms with van der Waals surface area (Å²) in [7, 11) is 3.53. The highest BCUT2D eigenvalue weighted by Crippen LogP contribution is 2.21. The predicted octanol–water partition coefficient (Wildman–Crippen LogP) is 1.54. The summed E-state index contributed by atoms with van der Waals surface area (Å²) in [6.45, 7) is 6.88. The molecule has 4 nitrogen and oxygen atoms in total. The molecule has 0 aliphatic heterocycles. The van der Waals surface area contributed by atoms with Crippen LogP contribution >= 0.6 is 0 Å². The molecule has 1 N–H and O–H groups in total. The van der Waals surface area contributed by atoms with Crippen molar-refractivity contribution in [3.8, 4) is 0 Å². The highest BCUT2D eigenvalue weighted by molar-refractivity contribution is 5.17. The number of rotatable bonds is 2. The zero-order chi connectivity index (χ0) is 10.9. The van der Waals surface area contributed by atoms with E-state index in [2.05, 4.69) is 25.9 Å². The first-order chi connectivity index (χ1) is 6.30. The number of aryl methyl sites for hydroxylation is 1. The van der Waals surface area contributed by atoms with Gasteiger partial charge >= 0.3 is 0 Å². The molecule has 14 heavy (non-hydrogen) atoms. The van der Waals surface area contributed by atoms with E-state index < -0.39 is 0 Å². The number of hydrogen-bond acceptors (Lipinski definition) is 3. The van der Waals surface area contributed by atoms with Crippen molar-refractivity contribution in [1.29, 1.82) is 0 Å². The Morgan fingerprint density at radius 3 is 2.43 bits per heavy atom. The van der Waals surface area contributed by atoms with Gasteiger partial charge in [-0.15, -0.1) is 0 Å². The van der Waals surface area contributed by atoms with Gasteiger partial charge in [0.25, 0.3) is 0 Å². The quantitative estimate of drug-likeness (QED) is 0.731. The molecular formula is C10H19N3O. The third-order valence-electron chi connectivity index (χ3n) is 2.14. The van der Waals surface area contributed by atoms with Crippen molar-refractivity contribution in [1.82, 2.24) is 14.8 Å². The molecule has 0 unspecified atom stereocenters. The van der Waals surface area contributed by atoms with Crippen LogP contribution in [0.4, 0.5) is 0 Å². The van der Waals surface area contributed by atoms with Crippen LogP contribution < -0.4 is 0 Å². The molecule has 1 heterocycles. The second kappa shape index (κ2) is 3.71. The second-order valence-electron chi connectivity index (χ2n) is 4.71. The summed E-state index contributed by atoms with van der Waals surface area (Å²) in [5, 5.41) is 14.7. The molecule has 1 rings (SSSR count). The molecule has 0 saturated carbocycles. The minimum absolute atomic E-state index is 0.0596. The van der Waals surface area contributed by atoms with Crippen LogP contribution in [0.1, 0.15) is 32.2 Å². The zero-order valence-corrected chi connectivity index (χ0v) is 9.57. The molecule has 0 bridgehead atoms. The van der Waals surface area contributed by atoms with Gasteiger partial charge in [0.1, 0.15) is 0 Å². The first kappa shape index (κ1) is 11.2. The molecule has 80 valence electrons. The van der Waals surface area contributed by atoms with E-state index in [1.165, 1.54) is 0 Å². The average molecular weight is 197 g/mol. The Hall–Kier alpha value is -0.870. The van der Waals surface area contributed by atoms with Crippen molar-refractivity contribution >= 4 is 0 Å². The summed E-state index contributed by atoms with van der Waals surface area (Å²) < 4.78 is 1.81. The van der Waals surface area contributed by atoms with E-state index in [-0.39, 0.29) is 5.41 Å². The Morgan fingerprint density at radius 2 is 2.07 bits per heavy atom. The van der Waals surface area contributed by atoms with E-state index >= 15 is 0 Å². The number of hydrogen-bond donors (Lipinski definition) is 1. The monoisotopic (exact) mass is 197 g/mol. The molecule has 0 fully saturated rings. The largest absolute Gasteiger partial charge is 0.314 e. The van der Waals surface area contributed by atoms with Crippen LogP contribution in [0.15, 0.2) is 6.07 Å². The minimum Gasteiger partial charge on any atom is -0.314 e. The molecule has 0 amide bonds. The molecule has 4 heteroatoms. The summed E-state index contributed by atoms with van der Waals surface area (Å²) >= 11 is 0. The highest BCUT2D eigenvalue weighted by atomic mass is 16.5. The van der Waals surface area contributed by atoms with E-state index in [0.29, 0.717) is 6.54 Å². The minimum atomic E-state index is 0.0596. The zero-order valence-electron chi connectivity index (χ0n) is 9.57. The lowest BCUT2D eigenvalue weighted by molar-refractivity contribution is -0.0748. The maximum absolute atomic E-state index is 9.13. The van der Waals surface area contributed by atoms with Gasteiger partial charge in [-0.05, 0) is 6.07 Å². The Kier molecular flexibility index (Phi) is 2.97. The summed E-state index contributed by atoms with van der Waals surface area (Å²) in [6, 6.07) is 2.03. The fraction of sp³-hybridized carbons (Fsp3) is 0.700. The van der Waals surface area contributed by atoms with Crippen molar-refractivity contribution in [2.24, 2.45) is 7.05 Å². The van der Waals surface area contributed by atoms with Crippen molar-refractivity contribution in [2.45, 2.75) is 32.7 Å². The molecule has 0 radical (unpaired) electrons. The first-order valence-corrected chi connectivity index (χ1v) is 4.74. The van der Waals surface area contributed by atoms with Crippen molar-refractivity contribution < 1.29 is 5.21 Å². The fourth-order valence-electron chi connectivity index (χ4n) is 1.25. The standard InChI is InChI=1S/C10H19N3O/c1-10(2,3)9-6-8(7-12(4)14)13(5)11-9/h6,14H,7H2,1-5H3. The van der Waals surface area contributed by atoms with Gasteiger partial charge in [0.2, 0.25) is 0 Å². The van der Waals surface area contributed by atoms with Crippen LogP contribution in [0.3, 0.4) is 0 Å². The van der Waals surface area contributed by atoms with E-state index in [4.69, 9.17) is 5.21 Å². The molecule has 0 atom stereocenters. The SMILES string of the molecule is CN(O)Cc1cc(C(C)(C)C)nn1C. The Balaban J connectivity index is 2.94. The first-order valence-electron chi connectivity index (χ1n) is 4.74. The van der Waals surface area contributed by atoms with Crippen LogP contribution in [0.2, 0.25) is 0 Å². The maximum atomic E-state index is 9.13. The van der Waals surface area contributed by atoms with E-state index in [1.54, 1.807) is 7.05 Å². The van der Waals surface area contributed by atoms with Crippen LogP contribution in [-0.2, 0) is 19.0 Å². The van der Waals surface area contributed by atoms with Gasteiger partial charge in [-0.25, -0.2) is 0 Å². The topological polar surface area (TPSA) is 41.3 Å². The van der Waals surface area contributed by atoms with Crippen molar-refractivity contribution in [3.63, 3.8) is 0 Å². The Bertz CT molecular complexity index is 310. The lowest BCUT2D eigenvalue weighted by Crippen LogP contribution is -2.14.